The molecule has 0 saturated heterocycles. The van der Waals surface area contributed by atoms with Crippen LogP contribution in [0.1, 0.15) is 23.1 Å². The summed E-state index contributed by atoms with van der Waals surface area (Å²) in [6, 6.07) is 8.58. The lowest BCUT2D eigenvalue weighted by atomic mass is 10.2. The first-order valence-corrected chi connectivity index (χ1v) is 7.53. The number of aromatic nitrogens is 1. The van der Waals surface area contributed by atoms with Crippen molar-refractivity contribution in [3.8, 4) is 0 Å². The SMILES string of the molecule is CCN(Cc1ccc(CNC)cn1)Cc1cccs1. The predicted molar refractivity (Wildman–Crippen MR) is 81.1 cm³/mol. The summed E-state index contributed by atoms with van der Waals surface area (Å²) in [6.07, 6.45) is 1.96. The Bertz CT molecular complexity index is 465. The van der Waals surface area contributed by atoms with Gasteiger partial charge in [-0.15, -0.1) is 11.3 Å². The Balaban J connectivity index is 1.94. The maximum Gasteiger partial charge on any atom is 0.0544 e. The molecule has 2 aromatic rings. The molecule has 0 bridgehead atoms. The van der Waals surface area contributed by atoms with Gasteiger partial charge in [-0.1, -0.05) is 19.1 Å². The highest BCUT2D eigenvalue weighted by Crippen LogP contribution is 2.13. The molecule has 0 spiro atoms. The van der Waals surface area contributed by atoms with Crippen LogP contribution < -0.4 is 5.32 Å². The van der Waals surface area contributed by atoms with Crippen molar-refractivity contribution in [1.29, 1.82) is 0 Å². The van der Waals surface area contributed by atoms with Crippen LogP contribution in [-0.2, 0) is 19.6 Å². The first-order valence-electron chi connectivity index (χ1n) is 6.65. The summed E-state index contributed by atoms with van der Waals surface area (Å²) in [6.45, 7) is 6.03. The van der Waals surface area contributed by atoms with E-state index in [2.05, 4.69) is 51.8 Å². The lowest BCUT2D eigenvalue weighted by Gasteiger charge is -2.19. The molecule has 0 amide bonds. The Labute approximate surface area is 119 Å². The minimum absolute atomic E-state index is 0.875. The van der Waals surface area contributed by atoms with Gasteiger partial charge in [0.1, 0.15) is 0 Å². The van der Waals surface area contributed by atoms with Gasteiger partial charge in [-0.3, -0.25) is 9.88 Å². The van der Waals surface area contributed by atoms with Crippen molar-refractivity contribution in [2.45, 2.75) is 26.6 Å². The van der Waals surface area contributed by atoms with Crippen LogP contribution in [0, 0.1) is 0 Å². The third kappa shape index (κ3) is 4.42. The van der Waals surface area contributed by atoms with Crippen molar-refractivity contribution < 1.29 is 0 Å². The molecule has 4 heteroatoms. The van der Waals surface area contributed by atoms with Gasteiger partial charge in [-0.2, -0.15) is 0 Å². The largest absolute Gasteiger partial charge is 0.316 e. The smallest absolute Gasteiger partial charge is 0.0544 e. The summed E-state index contributed by atoms with van der Waals surface area (Å²) in [4.78, 5) is 8.36. The second kappa shape index (κ2) is 7.38. The van der Waals surface area contributed by atoms with Gasteiger partial charge in [0.25, 0.3) is 0 Å². The number of pyridine rings is 1. The molecule has 3 nitrogen and oxygen atoms in total. The Morgan fingerprint density at radius 1 is 1.26 bits per heavy atom. The predicted octanol–water partition coefficient (Wildman–Crippen LogP) is 2.88. The molecule has 0 aliphatic rings. The molecular weight excluding hydrogens is 254 g/mol. The highest BCUT2D eigenvalue weighted by Gasteiger charge is 2.06. The molecule has 0 aromatic carbocycles. The van der Waals surface area contributed by atoms with E-state index >= 15 is 0 Å². The van der Waals surface area contributed by atoms with E-state index in [-0.39, 0.29) is 0 Å². The van der Waals surface area contributed by atoms with Crippen LogP contribution in [0.4, 0.5) is 0 Å². The molecule has 2 rings (SSSR count). The van der Waals surface area contributed by atoms with Crippen molar-refractivity contribution in [3.05, 3.63) is 52.0 Å². The van der Waals surface area contributed by atoms with Gasteiger partial charge < -0.3 is 5.32 Å². The first-order chi connectivity index (χ1) is 9.31. The summed E-state index contributed by atoms with van der Waals surface area (Å²) in [7, 11) is 1.95. The Morgan fingerprint density at radius 3 is 2.74 bits per heavy atom. The monoisotopic (exact) mass is 275 g/mol. The zero-order valence-electron chi connectivity index (χ0n) is 11.6. The van der Waals surface area contributed by atoms with Gasteiger partial charge in [0.2, 0.25) is 0 Å². The number of nitrogens with one attached hydrogen (secondary N) is 1. The molecule has 0 atom stereocenters. The van der Waals surface area contributed by atoms with Gasteiger partial charge in [0.05, 0.1) is 5.69 Å². The first kappa shape index (κ1) is 14.2. The third-order valence-electron chi connectivity index (χ3n) is 3.06. The summed E-state index contributed by atoms with van der Waals surface area (Å²) < 4.78 is 0. The lowest BCUT2D eigenvalue weighted by Crippen LogP contribution is -2.22. The quantitative estimate of drug-likeness (QED) is 0.842. The van der Waals surface area contributed by atoms with E-state index in [1.165, 1.54) is 10.4 Å². The van der Waals surface area contributed by atoms with Gasteiger partial charge in [0, 0.05) is 30.7 Å². The van der Waals surface area contributed by atoms with E-state index in [1.54, 1.807) is 0 Å². The lowest BCUT2D eigenvalue weighted by molar-refractivity contribution is 0.270. The van der Waals surface area contributed by atoms with Crippen LogP contribution in [0.15, 0.2) is 35.8 Å². The van der Waals surface area contributed by atoms with E-state index in [1.807, 2.05) is 24.6 Å². The van der Waals surface area contributed by atoms with Gasteiger partial charge in [-0.25, -0.2) is 0 Å². The number of nitrogens with zero attached hydrogens (tertiary/aromatic N) is 2. The standard InChI is InChI=1S/C15H21N3S/c1-3-18(12-15-5-4-8-19-15)11-14-7-6-13(9-16-2)10-17-14/h4-8,10,16H,3,9,11-12H2,1-2H3. The van der Waals surface area contributed by atoms with E-state index < -0.39 is 0 Å². The molecule has 19 heavy (non-hydrogen) atoms. The van der Waals surface area contributed by atoms with Crippen LogP contribution in [0.3, 0.4) is 0 Å². The van der Waals surface area contributed by atoms with Crippen LogP contribution in [0.2, 0.25) is 0 Å². The number of thiophene rings is 1. The molecule has 0 aliphatic carbocycles. The van der Waals surface area contributed by atoms with E-state index in [0.717, 1.165) is 31.9 Å². The molecular formula is C15H21N3S. The fourth-order valence-corrected chi connectivity index (χ4v) is 2.74. The second-order valence-corrected chi connectivity index (χ2v) is 5.60. The van der Waals surface area contributed by atoms with Crippen molar-refractivity contribution in [2.24, 2.45) is 0 Å². The number of hydrogen-bond acceptors (Lipinski definition) is 4. The molecule has 2 aromatic heterocycles. The van der Waals surface area contributed by atoms with E-state index in [0.29, 0.717) is 0 Å². The molecule has 0 saturated carbocycles. The van der Waals surface area contributed by atoms with Crippen LogP contribution in [-0.4, -0.2) is 23.5 Å². The van der Waals surface area contributed by atoms with Gasteiger partial charge in [0.15, 0.2) is 0 Å². The molecule has 2 heterocycles. The molecule has 0 aliphatic heterocycles. The third-order valence-corrected chi connectivity index (χ3v) is 3.92. The topological polar surface area (TPSA) is 28.2 Å². The zero-order valence-corrected chi connectivity index (χ0v) is 12.4. The zero-order chi connectivity index (χ0) is 13.5. The number of rotatable bonds is 7. The average molecular weight is 275 g/mol. The molecule has 0 radical (unpaired) electrons. The van der Waals surface area contributed by atoms with E-state index in [4.69, 9.17) is 0 Å². The Hall–Kier alpha value is -1.23. The molecule has 102 valence electrons. The average Bonchev–Trinajstić information content (AvgIpc) is 2.93. The summed E-state index contributed by atoms with van der Waals surface area (Å²) in [5.41, 5.74) is 2.37. The van der Waals surface area contributed by atoms with Crippen molar-refractivity contribution in [1.82, 2.24) is 15.2 Å². The molecule has 1 N–H and O–H groups in total. The minimum Gasteiger partial charge on any atom is -0.316 e. The highest BCUT2D eigenvalue weighted by atomic mass is 32.1. The van der Waals surface area contributed by atoms with Crippen LogP contribution in [0.25, 0.3) is 0 Å². The fraction of sp³-hybridized carbons (Fsp3) is 0.400. The van der Waals surface area contributed by atoms with Gasteiger partial charge in [-0.05, 0) is 36.7 Å². The van der Waals surface area contributed by atoms with Crippen molar-refractivity contribution in [3.63, 3.8) is 0 Å². The number of hydrogen-bond donors (Lipinski definition) is 1. The second-order valence-electron chi connectivity index (χ2n) is 4.57. The van der Waals surface area contributed by atoms with Gasteiger partial charge >= 0.3 is 0 Å². The highest BCUT2D eigenvalue weighted by molar-refractivity contribution is 7.09. The maximum atomic E-state index is 4.54. The molecule has 0 fully saturated rings. The summed E-state index contributed by atoms with van der Waals surface area (Å²) >= 11 is 1.82. The molecule has 0 unspecified atom stereocenters. The Morgan fingerprint density at radius 2 is 2.16 bits per heavy atom. The minimum atomic E-state index is 0.875. The summed E-state index contributed by atoms with van der Waals surface area (Å²) in [5.74, 6) is 0. The van der Waals surface area contributed by atoms with Crippen molar-refractivity contribution >= 4 is 11.3 Å². The van der Waals surface area contributed by atoms with Crippen LogP contribution >= 0.6 is 11.3 Å². The maximum absolute atomic E-state index is 4.54. The Kier molecular flexibility index (Phi) is 5.51. The normalized spacial score (nSPS) is 11.1. The fourth-order valence-electron chi connectivity index (χ4n) is 1.99. The summed E-state index contributed by atoms with van der Waals surface area (Å²) in [5, 5.41) is 5.27. The van der Waals surface area contributed by atoms with Crippen molar-refractivity contribution in [2.75, 3.05) is 13.6 Å². The van der Waals surface area contributed by atoms with E-state index in [9.17, 15) is 0 Å². The van der Waals surface area contributed by atoms with Crippen LogP contribution in [0.5, 0.6) is 0 Å².